The van der Waals surface area contributed by atoms with Gasteiger partial charge in [0.1, 0.15) is 6.04 Å². The van der Waals surface area contributed by atoms with Crippen LogP contribution in [0, 0.1) is 6.92 Å². The average Bonchev–Trinajstić information content (AvgIpc) is 2.83. The van der Waals surface area contributed by atoms with Gasteiger partial charge in [-0.1, -0.05) is 25.1 Å². The minimum atomic E-state index is -0.652. The van der Waals surface area contributed by atoms with Crippen molar-refractivity contribution >= 4 is 29.2 Å². The maximum atomic E-state index is 12.5. The molecule has 10 nitrogen and oxygen atoms in total. The molecule has 194 valence electrons. The van der Waals surface area contributed by atoms with E-state index in [1.807, 2.05) is 50.2 Å². The van der Waals surface area contributed by atoms with Gasteiger partial charge in [0, 0.05) is 31.9 Å². The van der Waals surface area contributed by atoms with Crippen LogP contribution in [0.5, 0.6) is 0 Å². The Labute approximate surface area is 213 Å². The van der Waals surface area contributed by atoms with Gasteiger partial charge in [0.15, 0.2) is 11.5 Å². The Kier molecular flexibility index (Phi) is 10.5. The minimum Gasteiger partial charge on any atom is -0.364 e. The molecule has 0 aliphatic heterocycles. The Morgan fingerprint density at radius 2 is 1.89 bits per heavy atom. The number of carbonyl (C=O) groups excluding carboxylic acids is 3. The van der Waals surface area contributed by atoms with Crippen LogP contribution < -0.4 is 16.4 Å². The lowest BCUT2D eigenvalue weighted by Gasteiger charge is -2.23. The summed E-state index contributed by atoms with van der Waals surface area (Å²) in [5.41, 5.74) is 8.75. The highest BCUT2D eigenvalue weighted by molar-refractivity contribution is 5.96. The molecule has 0 spiro atoms. The minimum absolute atomic E-state index is 0.0894. The molecule has 0 radical (unpaired) electrons. The first kappa shape index (κ1) is 28.4. The van der Waals surface area contributed by atoms with E-state index in [9.17, 15) is 14.4 Å². The fourth-order valence-electron chi connectivity index (χ4n) is 3.42. The molecule has 0 aliphatic rings. The van der Waals surface area contributed by atoms with E-state index in [1.54, 1.807) is 27.0 Å². The summed E-state index contributed by atoms with van der Waals surface area (Å²) in [7, 11) is 5.44. The van der Waals surface area contributed by atoms with Crippen molar-refractivity contribution in [1.29, 1.82) is 0 Å². The number of nitrogens with zero attached hydrogens (tertiary/aromatic N) is 4. The predicted molar refractivity (Wildman–Crippen MR) is 141 cm³/mol. The van der Waals surface area contributed by atoms with E-state index >= 15 is 0 Å². The Balaban J connectivity index is 1.98. The molecule has 1 atom stereocenters. The van der Waals surface area contributed by atoms with E-state index in [4.69, 9.17) is 5.73 Å². The van der Waals surface area contributed by atoms with Crippen LogP contribution in [0.2, 0.25) is 0 Å². The summed E-state index contributed by atoms with van der Waals surface area (Å²) in [5, 5.41) is 6.04. The van der Waals surface area contributed by atoms with Crippen molar-refractivity contribution in [3.8, 4) is 0 Å². The third kappa shape index (κ3) is 8.16. The van der Waals surface area contributed by atoms with Gasteiger partial charge in [-0.3, -0.25) is 14.4 Å². The normalized spacial score (nSPS) is 12.0. The molecule has 0 aliphatic carbocycles. The van der Waals surface area contributed by atoms with Crippen LogP contribution in [-0.4, -0.2) is 77.8 Å². The van der Waals surface area contributed by atoms with Gasteiger partial charge in [-0.25, -0.2) is 9.97 Å². The molecule has 1 aromatic heterocycles. The molecule has 0 saturated heterocycles. The maximum Gasteiger partial charge on any atom is 0.271 e. The van der Waals surface area contributed by atoms with E-state index in [0.29, 0.717) is 37.4 Å². The zero-order valence-corrected chi connectivity index (χ0v) is 22.0. The van der Waals surface area contributed by atoms with Gasteiger partial charge < -0.3 is 26.2 Å². The monoisotopic (exact) mass is 495 g/mol. The number of aromatic nitrogens is 2. The van der Waals surface area contributed by atoms with Crippen molar-refractivity contribution in [3.63, 3.8) is 0 Å². The van der Waals surface area contributed by atoms with Crippen molar-refractivity contribution in [3.05, 3.63) is 59.1 Å². The van der Waals surface area contributed by atoms with Crippen LogP contribution in [0.4, 0.5) is 11.5 Å². The van der Waals surface area contributed by atoms with E-state index in [0.717, 1.165) is 16.9 Å². The lowest BCUT2D eigenvalue weighted by Crippen LogP contribution is -2.45. The van der Waals surface area contributed by atoms with Crippen molar-refractivity contribution in [2.45, 2.75) is 39.7 Å². The number of benzene rings is 1. The van der Waals surface area contributed by atoms with Crippen molar-refractivity contribution < 1.29 is 14.4 Å². The van der Waals surface area contributed by atoms with E-state index in [2.05, 4.69) is 20.6 Å². The number of carbonyl (C=O) groups is 3. The summed E-state index contributed by atoms with van der Waals surface area (Å²) >= 11 is 0. The zero-order valence-electron chi connectivity index (χ0n) is 22.0. The maximum absolute atomic E-state index is 12.5. The molecular formula is C26H37N7O3. The number of likely N-dealkylation sites (N-methyl/N-ethyl adjacent to an activating group) is 2. The van der Waals surface area contributed by atoms with Crippen molar-refractivity contribution in [2.24, 2.45) is 5.73 Å². The molecule has 2 rings (SSSR count). The Bertz CT molecular complexity index is 1110. The number of rotatable bonds is 12. The van der Waals surface area contributed by atoms with Gasteiger partial charge in [-0.15, -0.1) is 0 Å². The van der Waals surface area contributed by atoms with Gasteiger partial charge >= 0.3 is 0 Å². The highest BCUT2D eigenvalue weighted by atomic mass is 16.2. The Hall–Kier alpha value is -3.79. The molecular weight excluding hydrogens is 458 g/mol. The first-order valence-electron chi connectivity index (χ1n) is 11.9. The fraction of sp³-hybridized carbons (Fsp3) is 0.423. The number of nitrogens with two attached hydrogens (primary N) is 1. The predicted octanol–water partition coefficient (Wildman–Crippen LogP) is 1.81. The van der Waals surface area contributed by atoms with Crippen molar-refractivity contribution in [1.82, 2.24) is 25.1 Å². The van der Waals surface area contributed by atoms with Crippen LogP contribution in [0.1, 0.15) is 41.3 Å². The smallest absolute Gasteiger partial charge is 0.271 e. The molecule has 0 fully saturated rings. The molecule has 0 saturated carbocycles. The summed E-state index contributed by atoms with van der Waals surface area (Å²) in [4.78, 5) is 48.9. The standard InChI is InChI=1S/C26H37N7O3/c1-7-21-17(2)29-23(24(27)35)25(31-21)30-20-11-8-10-19(16-20)13-14-28-26(36)18(3)33(6)22(34)12-9-15-32(4)5/h8-12,16,18H,7,13-15H2,1-6H3,(H2,27,35)(H,28,36)(H,30,31)/b12-9+/t18-/m0/s1. The van der Waals surface area contributed by atoms with Crippen LogP contribution >= 0.6 is 0 Å². The van der Waals surface area contributed by atoms with Crippen molar-refractivity contribution in [2.75, 3.05) is 39.5 Å². The fourth-order valence-corrected chi connectivity index (χ4v) is 3.42. The summed E-state index contributed by atoms with van der Waals surface area (Å²) in [6, 6.07) is 6.99. The van der Waals surface area contributed by atoms with Crippen LogP contribution in [0.25, 0.3) is 0 Å². The zero-order chi connectivity index (χ0) is 26.8. The van der Waals surface area contributed by atoms with Gasteiger partial charge in [0.25, 0.3) is 5.91 Å². The van der Waals surface area contributed by atoms with Gasteiger partial charge in [0.05, 0.1) is 11.4 Å². The SMILES string of the molecule is CCc1nc(Nc2cccc(CCNC(=O)[C@H](C)N(C)C(=O)/C=C/CN(C)C)c2)c(C(N)=O)nc1C. The van der Waals surface area contributed by atoms with Crippen LogP contribution in [0.3, 0.4) is 0 Å². The molecule has 2 aromatic rings. The van der Waals surface area contributed by atoms with E-state index in [-0.39, 0.29) is 17.5 Å². The van der Waals surface area contributed by atoms with Gasteiger partial charge in [-0.2, -0.15) is 0 Å². The highest BCUT2D eigenvalue weighted by Gasteiger charge is 2.20. The first-order chi connectivity index (χ1) is 17.0. The highest BCUT2D eigenvalue weighted by Crippen LogP contribution is 2.20. The second-order valence-electron chi connectivity index (χ2n) is 8.83. The first-order valence-corrected chi connectivity index (χ1v) is 11.9. The summed E-state index contributed by atoms with van der Waals surface area (Å²) in [6.07, 6.45) is 4.50. The lowest BCUT2D eigenvalue weighted by molar-refractivity contribution is -0.135. The number of aryl methyl sites for hydroxylation is 2. The largest absolute Gasteiger partial charge is 0.364 e. The van der Waals surface area contributed by atoms with Gasteiger partial charge in [-0.05, 0) is 58.5 Å². The topological polar surface area (TPSA) is 134 Å². The molecule has 3 amide bonds. The number of amides is 3. The molecule has 36 heavy (non-hydrogen) atoms. The van der Waals surface area contributed by atoms with E-state index in [1.165, 1.54) is 11.0 Å². The summed E-state index contributed by atoms with van der Waals surface area (Å²) < 4.78 is 0. The second kappa shape index (κ2) is 13.3. The van der Waals surface area contributed by atoms with Crippen LogP contribution in [-0.2, 0) is 22.4 Å². The van der Waals surface area contributed by atoms with E-state index < -0.39 is 11.9 Å². The van der Waals surface area contributed by atoms with Gasteiger partial charge in [0.2, 0.25) is 11.8 Å². The second-order valence-corrected chi connectivity index (χ2v) is 8.83. The van der Waals surface area contributed by atoms with Crippen LogP contribution in [0.15, 0.2) is 36.4 Å². The number of anilines is 2. The molecule has 1 aromatic carbocycles. The summed E-state index contributed by atoms with van der Waals surface area (Å²) in [6.45, 7) is 6.51. The third-order valence-corrected chi connectivity index (χ3v) is 5.68. The molecule has 1 heterocycles. The average molecular weight is 496 g/mol. The molecule has 0 bridgehead atoms. The lowest BCUT2D eigenvalue weighted by atomic mass is 10.1. The molecule has 0 unspecified atom stereocenters. The number of hydrogen-bond donors (Lipinski definition) is 3. The molecule has 4 N–H and O–H groups in total. The molecule has 10 heteroatoms. The number of hydrogen-bond acceptors (Lipinski definition) is 7. The third-order valence-electron chi connectivity index (χ3n) is 5.68. The Morgan fingerprint density at radius 3 is 2.53 bits per heavy atom. The summed E-state index contributed by atoms with van der Waals surface area (Å²) in [5.74, 6) is -0.787. The number of primary amides is 1. The Morgan fingerprint density at radius 1 is 1.17 bits per heavy atom. The quantitative estimate of drug-likeness (QED) is 0.382. The number of nitrogens with one attached hydrogen (secondary N) is 2.